The molecule has 1 aromatic carbocycles. The minimum absolute atomic E-state index is 0.0155. The number of rotatable bonds is 6. The van der Waals surface area contributed by atoms with E-state index >= 15 is 0 Å². The fourth-order valence-electron chi connectivity index (χ4n) is 3.03. The molecule has 0 unspecified atom stereocenters. The maximum atomic E-state index is 12.2. The molecule has 2 N–H and O–H groups in total. The van der Waals surface area contributed by atoms with Crippen LogP contribution in [0.15, 0.2) is 53.3 Å². The number of carbonyl (C=O) groups excluding carboxylic acids is 2. The van der Waals surface area contributed by atoms with E-state index in [1.165, 1.54) is 0 Å². The van der Waals surface area contributed by atoms with Crippen molar-refractivity contribution in [1.29, 1.82) is 0 Å². The first kappa shape index (κ1) is 18.6. The average molecular weight is 392 g/mol. The van der Waals surface area contributed by atoms with Crippen LogP contribution in [0.1, 0.15) is 12.3 Å². The molecule has 0 spiro atoms. The van der Waals surface area contributed by atoms with Gasteiger partial charge in [-0.05, 0) is 36.4 Å². The van der Waals surface area contributed by atoms with E-state index in [4.69, 9.17) is 4.52 Å². The molecule has 4 rings (SSSR count). The van der Waals surface area contributed by atoms with Crippen LogP contribution in [0.5, 0.6) is 0 Å². The fraction of sp³-hybridized carbons (Fsp3) is 0.250. The molecule has 1 aliphatic rings. The number of pyridine rings is 1. The molecule has 0 radical (unpaired) electrons. The number of nitrogens with one attached hydrogen (secondary N) is 2. The number of anilines is 2. The Morgan fingerprint density at radius 3 is 2.72 bits per heavy atom. The van der Waals surface area contributed by atoms with Gasteiger partial charge in [0.05, 0.1) is 6.54 Å². The van der Waals surface area contributed by atoms with Gasteiger partial charge in [0, 0.05) is 55.3 Å². The van der Waals surface area contributed by atoms with Gasteiger partial charge in [0.25, 0.3) is 0 Å². The van der Waals surface area contributed by atoms with E-state index in [2.05, 4.69) is 25.8 Å². The van der Waals surface area contributed by atoms with Crippen molar-refractivity contribution < 1.29 is 14.1 Å². The van der Waals surface area contributed by atoms with Crippen LogP contribution < -0.4 is 15.5 Å². The summed E-state index contributed by atoms with van der Waals surface area (Å²) < 4.78 is 5.21. The van der Waals surface area contributed by atoms with Crippen LogP contribution >= 0.6 is 0 Å². The van der Waals surface area contributed by atoms with Gasteiger partial charge in [-0.1, -0.05) is 5.16 Å². The van der Waals surface area contributed by atoms with Gasteiger partial charge in [0.2, 0.25) is 23.5 Å². The van der Waals surface area contributed by atoms with Crippen LogP contribution in [0.2, 0.25) is 0 Å². The molecule has 0 aliphatic carbocycles. The molecule has 2 aromatic heterocycles. The van der Waals surface area contributed by atoms with E-state index in [0.29, 0.717) is 36.9 Å². The van der Waals surface area contributed by atoms with Crippen LogP contribution in [-0.4, -0.2) is 46.6 Å². The number of nitrogens with zero attached hydrogens (tertiary/aromatic N) is 4. The largest absolute Gasteiger partial charge is 0.360 e. The lowest BCUT2D eigenvalue weighted by molar-refractivity contribution is -0.120. The van der Waals surface area contributed by atoms with E-state index < -0.39 is 0 Å². The molecule has 0 saturated carbocycles. The normalized spacial score (nSPS) is 13.8. The number of carbonyl (C=O) groups is 2. The smallest absolute Gasteiger partial charge is 0.239 e. The van der Waals surface area contributed by atoms with Gasteiger partial charge in [0.15, 0.2) is 0 Å². The van der Waals surface area contributed by atoms with Crippen LogP contribution in [0, 0.1) is 0 Å². The maximum Gasteiger partial charge on any atom is 0.239 e. The molecule has 1 aliphatic heterocycles. The first-order valence-corrected chi connectivity index (χ1v) is 9.32. The van der Waals surface area contributed by atoms with Crippen molar-refractivity contribution in [2.75, 3.05) is 29.9 Å². The van der Waals surface area contributed by atoms with Gasteiger partial charge >= 0.3 is 0 Å². The Kier molecular flexibility index (Phi) is 5.46. The van der Waals surface area contributed by atoms with Crippen molar-refractivity contribution in [3.63, 3.8) is 0 Å². The fourth-order valence-corrected chi connectivity index (χ4v) is 3.03. The highest BCUT2D eigenvalue weighted by Gasteiger charge is 2.16. The highest BCUT2D eigenvalue weighted by Crippen LogP contribution is 2.19. The van der Waals surface area contributed by atoms with E-state index in [1.807, 2.05) is 29.2 Å². The summed E-state index contributed by atoms with van der Waals surface area (Å²) in [6.45, 7) is 1.75. The van der Waals surface area contributed by atoms with Gasteiger partial charge < -0.3 is 20.1 Å². The maximum absolute atomic E-state index is 12.2. The lowest BCUT2D eigenvalue weighted by Gasteiger charge is -2.28. The zero-order valence-corrected chi connectivity index (χ0v) is 15.7. The van der Waals surface area contributed by atoms with Crippen molar-refractivity contribution in [3.05, 3.63) is 54.7 Å². The Balaban J connectivity index is 1.29. The lowest BCUT2D eigenvalue weighted by atomic mass is 10.2. The lowest BCUT2D eigenvalue weighted by Crippen LogP contribution is -2.47. The summed E-state index contributed by atoms with van der Waals surface area (Å²) in [6, 6.07) is 11.0. The molecule has 1 fully saturated rings. The molecule has 0 atom stereocenters. The predicted molar refractivity (Wildman–Crippen MR) is 106 cm³/mol. The molecule has 1 saturated heterocycles. The van der Waals surface area contributed by atoms with Crippen molar-refractivity contribution in [1.82, 2.24) is 20.4 Å². The number of benzene rings is 1. The van der Waals surface area contributed by atoms with Gasteiger partial charge in [-0.25, -0.2) is 0 Å². The number of piperazine rings is 1. The zero-order valence-electron chi connectivity index (χ0n) is 15.7. The third kappa shape index (κ3) is 4.75. The summed E-state index contributed by atoms with van der Waals surface area (Å²) in [7, 11) is 0. The van der Waals surface area contributed by atoms with Gasteiger partial charge in [-0.15, -0.1) is 0 Å². The third-order valence-corrected chi connectivity index (χ3v) is 4.53. The molecular weight excluding hydrogens is 372 g/mol. The molecule has 3 aromatic rings. The van der Waals surface area contributed by atoms with Crippen molar-refractivity contribution in [2.45, 2.75) is 12.8 Å². The molecule has 148 valence electrons. The Morgan fingerprint density at radius 2 is 1.97 bits per heavy atom. The highest BCUT2D eigenvalue weighted by atomic mass is 16.5. The molecule has 2 amide bonds. The van der Waals surface area contributed by atoms with E-state index in [9.17, 15) is 9.59 Å². The molecular formula is C20H20N6O3. The Morgan fingerprint density at radius 1 is 1.17 bits per heavy atom. The third-order valence-electron chi connectivity index (χ3n) is 4.53. The highest BCUT2D eigenvalue weighted by molar-refractivity contribution is 5.91. The summed E-state index contributed by atoms with van der Waals surface area (Å²) in [5.74, 6) is 0.760. The van der Waals surface area contributed by atoms with Crippen molar-refractivity contribution in [3.8, 4) is 11.4 Å². The molecule has 29 heavy (non-hydrogen) atoms. The topological polar surface area (TPSA) is 113 Å². The SMILES string of the molecule is O=C1CN(c2ccc(NC(=O)CCc3nc(-c4ccncc4)no3)cc2)CCN1. The van der Waals surface area contributed by atoms with Crippen LogP contribution in [0.4, 0.5) is 11.4 Å². The standard InChI is InChI=1S/C20H20N6O3/c27-17(5-6-19-24-20(25-29-19)14-7-9-21-10-8-14)23-15-1-3-16(4-2-15)26-12-11-22-18(28)13-26/h1-4,7-10H,5-6,11-13H2,(H,22,28)(H,23,27). The molecule has 0 bridgehead atoms. The molecule has 3 heterocycles. The van der Waals surface area contributed by atoms with Gasteiger partial charge in [-0.2, -0.15) is 4.98 Å². The van der Waals surface area contributed by atoms with E-state index in [-0.39, 0.29) is 18.2 Å². The first-order valence-electron chi connectivity index (χ1n) is 9.32. The number of hydrogen-bond donors (Lipinski definition) is 2. The summed E-state index contributed by atoms with van der Waals surface area (Å²) in [6.07, 6.45) is 3.89. The summed E-state index contributed by atoms with van der Waals surface area (Å²) in [5, 5.41) is 9.58. The summed E-state index contributed by atoms with van der Waals surface area (Å²) >= 11 is 0. The number of hydrogen-bond acceptors (Lipinski definition) is 7. The zero-order chi connectivity index (χ0) is 20.1. The second-order valence-corrected chi connectivity index (χ2v) is 6.61. The van der Waals surface area contributed by atoms with Crippen LogP contribution in [0.25, 0.3) is 11.4 Å². The predicted octanol–water partition coefficient (Wildman–Crippen LogP) is 1.64. The quantitative estimate of drug-likeness (QED) is 0.655. The van der Waals surface area contributed by atoms with Gasteiger partial charge in [0.1, 0.15) is 0 Å². The monoisotopic (exact) mass is 392 g/mol. The van der Waals surface area contributed by atoms with E-state index in [0.717, 1.165) is 17.8 Å². The Labute approximate surface area is 167 Å². The molecule has 9 nitrogen and oxygen atoms in total. The number of aryl methyl sites for hydroxylation is 1. The average Bonchev–Trinajstić information content (AvgIpc) is 3.23. The van der Waals surface area contributed by atoms with Crippen LogP contribution in [0.3, 0.4) is 0 Å². The second kappa shape index (κ2) is 8.51. The molecule has 9 heteroatoms. The number of amides is 2. The number of aromatic nitrogens is 3. The Bertz CT molecular complexity index is 987. The Hall–Kier alpha value is -3.75. The van der Waals surface area contributed by atoms with Crippen molar-refractivity contribution >= 4 is 23.2 Å². The minimum Gasteiger partial charge on any atom is -0.360 e. The van der Waals surface area contributed by atoms with Gasteiger partial charge in [-0.3, -0.25) is 14.6 Å². The second-order valence-electron chi connectivity index (χ2n) is 6.61. The first-order chi connectivity index (χ1) is 14.2. The van der Waals surface area contributed by atoms with Crippen molar-refractivity contribution in [2.24, 2.45) is 0 Å². The summed E-state index contributed by atoms with van der Waals surface area (Å²) in [5.41, 5.74) is 2.46. The van der Waals surface area contributed by atoms with E-state index in [1.54, 1.807) is 24.5 Å². The summed E-state index contributed by atoms with van der Waals surface area (Å²) in [4.78, 5) is 34.0. The minimum atomic E-state index is -0.140. The van der Waals surface area contributed by atoms with Crippen LogP contribution in [-0.2, 0) is 16.0 Å².